The Kier molecular flexibility index (Phi) is 4.31. The Labute approximate surface area is 156 Å². The predicted molar refractivity (Wildman–Crippen MR) is 97.9 cm³/mol. The maximum Gasteiger partial charge on any atom is 0.274 e. The van der Waals surface area contributed by atoms with E-state index < -0.39 is 11.3 Å². The molecule has 140 valence electrons. The average Bonchev–Trinajstić information content (AvgIpc) is 3.02. The molecule has 1 aromatic heterocycles. The van der Waals surface area contributed by atoms with Gasteiger partial charge in [-0.25, -0.2) is 10.5 Å². The van der Waals surface area contributed by atoms with E-state index in [1.54, 1.807) is 37.0 Å². The highest BCUT2D eigenvalue weighted by molar-refractivity contribution is 6.00. The molecule has 1 aliphatic carbocycles. The van der Waals surface area contributed by atoms with Crippen molar-refractivity contribution in [1.82, 2.24) is 10.5 Å². The highest BCUT2D eigenvalue weighted by Crippen LogP contribution is 2.45. The topological polar surface area (TPSA) is 91.8 Å². The summed E-state index contributed by atoms with van der Waals surface area (Å²) in [6.07, 6.45) is 4.64. The number of hydrogen-bond donors (Lipinski definition) is 2. The van der Waals surface area contributed by atoms with E-state index in [4.69, 9.17) is 9.94 Å². The van der Waals surface area contributed by atoms with E-state index in [2.05, 4.69) is 4.98 Å². The van der Waals surface area contributed by atoms with Gasteiger partial charge in [0.1, 0.15) is 0 Å². The third kappa shape index (κ3) is 2.94. The summed E-state index contributed by atoms with van der Waals surface area (Å²) in [5, 5.41) is 8.80. The first-order valence-corrected chi connectivity index (χ1v) is 8.94. The van der Waals surface area contributed by atoms with Gasteiger partial charge in [-0.05, 0) is 55.0 Å². The Bertz CT molecular complexity index is 897. The number of amides is 2. The molecular formula is C20H21N3O4. The third-order valence-corrected chi connectivity index (χ3v) is 5.73. The van der Waals surface area contributed by atoms with Gasteiger partial charge >= 0.3 is 0 Å². The maximum atomic E-state index is 13.2. The number of anilines is 1. The Morgan fingerprint density at radius 1 is 1.26 bits per heavy atom. The number of hydroxylamine groups is 1. The molecule has 2 heterocycles. The van der Waals surface area contributed by atoms with Crippen LogP contribution >= 0.6 is 0 Å². The van der Waals surface area contributed by atoms with Crippen molar-refractivity contribution in [2.24, 2.45) is 5.41 Å². The molecule has 1 aliphatic heterocycles. The SMILES string of the molecule is COc1ccc(N2CCC3(CCc4cc(C(=O)NO)ccc4C3)C2=O)cn1. The van der Waals surface area contributed by atoms with Gasteiger partial charge in [0.05, 0.1) is 24.4 Å². The van der Waals surface area contributed by atoms with Crippen LogP contribution in [0.1, 0.15) is 34.3 Å². The van der Waals surface area contributed by atoms with Gasteiger partial charge in [-0.2, -0.15) is 0 Å². The lowest BCUT2D eigenvalue weighted by atomic mass is 9.70. The molecule has 2 aliphatic rings. The molecule has 7 nitrogen and oxygen atoms in total. The number of carbonyl (C=O) groups is 2. The number of nitrogens with one attached hydrogen (secondary N) is 1. The summed E-state index contributed by atoms with van der Waals surface area (Å²) in [4.78, 5) is 30.9. The number of nitrogens with zero attached hydrogens (tertiary/aromatic N) is 2. The van der Waals surface area contributed by atoms with Crippen LogP contribution in [0.2, 0.25) is 0 Å². The molecule has 2 N–H and O–H groups in total. The molecule has 7 heteroatoms. The molecule has 1 saturated heterocycles. The number of fused-ring (bicyclic) bond motifs is 1. The summed E-state index contributed by atoms with van der Waals surface area (Å²) < 4.78 is 5.08. The number of hydrogen-bond acceptors (Lipinski definition) is 5. The molecule has 4 rings (SSSR count). The molecular weight excluding hydrogens is 346 g/mol. The number of benzene rings is 1. The third-order valence-electron chi connectivity index (χ3n) is 5.73. The van der Waals surface area contributed by atoms with Crippen molar-refractivity contribution in [2.75, 3.05) is 18.6 Å². The van der Waals surface area contributed by atoms with Crippen LogP contribution in [0, 0.1) is 5.41 Å². The minimum Gasteiger partial charge on any atom is -0.481 e. The summed E-state index contributed by atoms with van der Waals surface area (Å²) in [5.41, 5.74) is 4.65. The second-order valence-corrected chi connectivity index (χ2v) is 7.15. The molecule has 27 heavy (non-hydrogen) atoms. The molecule has 1 aromatic carbocycles. The molecule has 1 spiro atoms. The van der Waals surface area contributed by atoms with Crippen molar-refractivity contribution < 1.29 is 19.5 Å². The van der Waals surface area contributed by atoms with Gasteiger partial charge in [-0.3, -0.25) is 14.8 Å². The number of carbonyl (C=O) groups excluding carboxylic acids is 2. The quantitative estimate of drug-likeness (QED) is 0.640. The Morgan fingerprint density at radius 2 is 2.11 bits per heavy atom. The lowest BCUT2D eigenvalue weighted by molar-refractivity contribution is -0.126. The fraction of sp³-hybridized carbons (Fsp3) is 0.350. The van der Waals surface area contributed by atoms with E-state index in [0.29, 0.717) is 24.4 Å². The fourth-order valence-electron chi connectivity index (χ4n) is 4.18. The highest BCUT2D eigenvalue weighted by atomic mass is 16.5. The summed E-state index contributed by atoms with van der Waals surface area (Å²) in [7, 11) is 1.56. The van der Waals surface area contributed by atoms with Crippen LogP contribution in [0.3, 0.4) is 0 Å². The first kappa shape index (κ1) is 17.5. The van der Waals surface area contributed by atoms with E-state index in [9.17, 15) is 9.59 Å². The van der Waals surface area contributed by atoms with Gasteiger partial charge in [-0.1, -0.05) is 6.07 Å². The smallest absolute Gasteiger partial charge is 0.274 e. The van der Waals surface area contributed by atoms with Crippen LogP contribution in [0.5, 0.6) is 5.88 Å². The number of aryl methyl sites for hydroxylation is 1. The van der Waals surface area contributed by atoms with E-state index in [1.165, 1.54) is 0 Å². The monoisotopic (exact) mass is 367 g/mol. The molecule has 0 radical (unpaired) electrons. The van der Waals surface area contributed by atoms with Crippen molar-refractivity contribution in [2.45, 2.75) is 25.7 Å². The van der Waals surface area contributed by atoms with Crippen molar-refractivity contribution in [1.29, 1.82) is 0 Å². The molecule has 1 atom stereocenters. The highest BCUT2D eigenvalue weighted by Gasteiger charge is 2.48. The van der Waals surface area contributed by atoms with E-state index in [1.807, 2.05) is 17.0 Å². The Balaban J connectivity index is 1.57. The van der Waals surface area contributed by atoms with Crippen molar-refractivity contribution in [3.8, 4) is 5.88 Å². The summed E-state index contributed by atoms with van der Waals surface area (Å²) >= 11 is 0. The van der Waals surface area contributed by atoms with Gasteiger partial charge in [0.2, 0.25) is 11.8 Å². The first-order chi connectivity index (χ1) is 13.1. The van der Waals surface area contributed by atoms with Crippen LogP contribution in [0.4, 0.5) is 5.69 Å². The summed E-state index contributed by atoms with van der Waals surface area (Å²) in [6, 6.07) is 9.01. The average molecular weight is 367 g/mol. The van der Waals surface area contributed by atoms with Crippen LogP contribution in [-0.2, 0) is 17.6 Å². The van der Waals surface area contributed by atoms with Gasteiger partial charge in [0.25, 0.3) is 5.91 Å². The van der Waals surface area contributed by atoms with Gasteiger partial charge in [-0.15, -0.1) is 0 Å². The molecule has 2 amide bonds. The van der Waals surface area contributed by atoms with Crippen molar-refractivity contribution >= 4 is 17.5 Å². The van der Waals surface area contributed by atoms with Crippen LogP contribution in [0.25, 0.3) is 0 Å². The Hall–Kier alpha value is -2.93. The predicted octanol–water partition coefficient (Wildman–Crippen LogP) is 2.12. The minimum atomic E-state index is -0.520. The van der Waals surface area contributed by atoms with E-state index in [-0.39, 0.29) is 5.91 Å². The zero-order valence-corrected chi connectivity index (χ0v) is 15.1. The number of methoxy groups -OCH3 is 1. The van der Waals surface area contributed by atoms with E-state index >= 15 is 0 Å². The second kappa shape index (κ2) is 6.66. The Morgan fingerprint density at radius 3 is 2.81 bits per heavy atom. The van der Waals surface area contributed by atoms with Crippen molar-refractivity contribution in [3.63, 3.8) is 0 Å². The lowest BCUT2D eigenvalue weighted by Crippen LogP contribution is -2.38. The summed E-state index contributed by atoms with van der Waals surface area (Å²) in [5.74, 6) is 0.139. The standard InChI is InChI=1S/C20H21N3O4/c1-27-17-5-4-16(12-21-17)23-9-8-20(19(23)25)7-6-13-10-14(18(24)22-26)2-3-15(13)11-20/h2-5,10,12,26H,6-9,11H2,1H3,(H,22,24). The normalized spacial score (nSPS) is 21.3. The number of rotatable bonds is 3. The van der Waals surface area contributed by atoms with Gasteiger partial charge in [0, 0.05) is 18.2 Å². The summed E-state index contributed by atoms with van der Waals surface area (Å²) in [6.45, 7) is 0.674. The van der Waals surface area contributed by atoms with Gasteiger partial charge < -0.3 is 9.64 Å². The molecule has 1 fully saturated rings. The maximum absolute atomic E-state index is 13.2. The lowest BCUT2D eigenvalue weighted by Gasteiger charge is -2.33. The first-order valence-electron chi connectivity index (χ1n) is 8.94. The van der Waals surface area contributed by atoms with Gasteiger partial charge in [0.15, 0.2) is 0 Å². The van der Waals surface area contributed by atoms with Crippen LogP contribution in [-0.4, -0.2) is 35.7 Å². The van der Waals surface area contributed by atoms with Crippen molar-refractivity contribution in [3.05, 3.63) is 53.2 Å². The van der Waals surface area contributed by atoms with E-state index in [0.717, 1.165) is 36.1 Å². The molecule has 0 bridgehead atoms. The van der Waals surface area contributed by atoms with Crippen LogP contribution in [0.15, 0.2) is 36.5 Å². The number of pyridine rings is 1. The fourth-order valence-corrected chi connectivity index (χ4v) is 4.18. The largest absolute Gasteiger partial charge is 0.481 e. The molecule has 1 unspecified atom stereocenters. The molecule has 0 saturated carbocycles. The number of ether oxygens (including phenoxy) is 1. The second-order valence-electron chi connectivity index (χ2n) is 7.15. The number of aromatic nitrogens is 1. The van der Waals surface area contributed by atoms with Crippen LogP contribution < -0.4 is 15.1 Å². The molecule has 2 aromatic rings. The zero-order chi connectivity index (χ0) is 19.0. The minimum absolute atomic E-state index is 0.136. The zero-order valence-electron chi connectivity index (χ0n) is 15.1.